The van der Waals surface area contributed by atoms with E-state index in [1.165, 1.54) is 18.2 Å². The van der Waals surface area contributed by atoms with Crippen LogP contribution in [-0.2, 0) is 4.79 Å². The second kappa shape index (κ2) is 7.14. The van der Waals surface area contributed by atoms with Gasteiger partial charge in [-0.3, -0.25) is 9.59 Å². The first-order chi connectivity index (χ1) is 12.6. The molecule has 0 bridgehead atoms. The molecular weight excluding hydrogens is 423 g/mol. The normalized spacial score (nSPS) is 17.3. The van der Waals surface area contributed by atoms with Crippen molar-refractivity contribution in [2.24, 2.45) is 5.92 Å². The quantitative estimate of drug-likeness (QED) is 0.486. The van der Waals surface area contributed by atoms with Gasteiger partial charge < -0.3 is 16.4 Å². The van der Waals surface area contributed by atoms with E-state index in [1.807, 2.05) is 0 Å². The molecule has 0 spiro atoms. The molecule has 142 valence electrons. The molecule has 0 aliphatic heterocycles. The molecule has 0 aromatic heterocycles. The number of hydrogen-bond donors (Lipinski definition) is 3. The fourth-order valence-corrected chi connectivity index (χ4v) is 3.11. The summed E-state index contributed by atoms with van der Waals surface area (Å²) < 4.78 is 26.6. The van der Waals surface area contributed by atoms with Crippen molar-refractivity contribution < 1.29 is 18.4 Å². The SMILES string of the molecule is Nc1cc(F)c(NC(=O)c2cc(NC(=O)C3CC3(Cl)Cl)ccc2Cl)c(F)c1. The van der Waals surface area contributed by atoms with Crippen LogP contribution in [0, 0.1) is 17.6 Å². The molecule has 0 radical (unpaired) electrons. The lowest BCUT2D eigenvalue weighted by molar-refractivity contribution is -0.117. The predicted octanol–water partition coefficient (Wildman–Crippen LogP) is 4.59. The Morgan fingerprint density at radius 2 is 1.70 bits per heavy atom. The van der Waals surface area contributed by atoms with Gasteiger partial charge in [0.05, 0.1) is 16.5 Å². The van der Waals surface area contributed by atoms with Gasteiger partial charge in [-0.2, -0.15) is 0 Å². The molecular formula is C17H12Cl3F2N3O2. The van der Waals surface area contributed by atoms with E-state index >= 15 is 0 Å². The van der Waals surface area contributed by atoms with E-state index in [1.54, 1.807) is 0 Å². The summed E-state index contributed by atoms with van der Waals surface area (Å²) in [4.78, 5) is 24.4. The Bertz CT molecular complexity index is 930. The summed E-state index contributed by atoms with van der Waals surface area (Å²) in [5.74, 6) is -3.91. The van der Waals surface area contributed by atoms with E-state index < -0.39 is 39.4 Å². The number of carbonyl (C=O) groups is 2. The van der Waals surface area contributed by atoms with E-state index in [2.05, 4.69) is 10.6 Å². The maximum Gasteiger partial charge on any atom is 0.257 e. The molecule has 5 nitrogen and oxygen atoms in total. The lowest BCUT2D eigenvalue weighted by Crippen LogP contribution is -2.18. The lowest BCUT2D eigenvalue weighted by Gasteiger charge is -2.11. The average Bonchev–Trinajstić information content (AvgIpc) is 3.21. The highest BCUT2D eigenvalue weighted by Crippen LogP contribution is 2.53. The fourth-order valence-electron chi connectivity index (χ4n) is 2.40. The average molecular weight is 435 g/mol. The number of amides is 2. The van der Waals surface area contributed by atoms with Gasteiger partial charge in [-0.15, -0.1) is 23.2 Å². The molecule has 27 heavy (non-hydrogen) atoms. The topological polar surface area (TPSA) is 84.2 Å². The molecule has 1 aliphatic rings. The van der Waals surface area contributed by atoms with Crippen LogP contribution in [0.15, 0.2) is 30.3 Å². The fraction of sp³-hybridized carbons (Fsp3) is 0.176. The molecule has 2 amide bonds. The third-order valence-electron chi connectivity index (χ3n) is 3.92. The van der Waals surface area contributed by atoms with E-state index in [0.717, 1.165) is 12.1 Å². The Labute approximate surface area is 167 Å². The highest BCUT2D eigenvalue weighted by Gasteiger charge is 2.56. The number of halogens is 5. The van der Waals surface area contributed by atoms with Crippen LogP contribution >= 0.6 is 34.8 Å². The van der Waals surface area contributed by atoms with Crippen LogP contribution in [-0.4, -0.2) is 16.1 Å². The zero-order chi connectivity index (χ0) is 19.9. The number of nitrogens with one attached hydrogen (secondary N) is 2. The maximum atomic E-state index is 13.9. The first kappa shape index (κ1) is 19.7. The first-order valence-electron chi connectivity index (χ1n) is 7.62. The monoisotopic (exact) mass is 433 g/mol. The minimum absolute atomic E-state index is 0.0252. The van der Waals surface area contributed by atoms with Gasteiger partial charge in [0.2, 0.25) is 5.91 Å². The Morgan fingerprint density at radius 3 is 2.26 bits per heavy atom. The Hall–Kier alpha value is -2.09. The minimum atomic E-state index is -1.10. The summed E-state index contributed by atoms with van der Waals surface area (Å²) in [6.07, 6.45) is 0.318. The molecule has 1 atom stereocenters. The summed E-state index contributed by atoms with van der Waals surface area (Å²) in [6, 6.07) is 5.85. The van der Waals surface area contributed by atoms with Gasteiger partial charge in [0.1, 0.15) is 10.0 Å². The van der Waals surface area contributed by atoms with Crippen molar-refractivity contribution in [1.82, 2.24) is 0 Å². The van der Waals surface area contributed by atoms with Crippen molar-refractivity contribution >= 4 is 63.7 Å². The molecule has 1 saturated carbocycles. The van der Waals surface area contributed by atoms with Crippen LogP contribution in [0.4, 0.5) is 25.8 Å². The van der Waals surface area contributed by atoms with Crippen LogP contribution < -0.4 is 16.4 Å². The molecule has 2 aromatic carbocycles. The number of hydrogen-bond acceptors (Lipinski definition) is 3. The van der Waals surface area contributed by atoms with Crippen molar-refractivity contribution in [3.8, 4) is 0 Å². The molecule has 3 rings (SSSR count). The predicted molar refractivity (Wildman–Crippen MR) is 101 cm³/mol. The summed E-state index contributed by atoms with van der Waals surface area (Å²) >= 11 is 17.7. The zero-order valence-corrected chi connectivity index (χ0v) is 15.7. The van der Waals surface area contributed by atoms with Crippen molar-refractivity contribution in [2.75, 3.05) is 16.4 Å². The highest BCUT2D eigenvalue weighted by atomic mass is 35.5. The van der Waals surface area contributed by atoms with Crippen LogP contribution in [0.5, 0.6) is 0 Å². The van der Waals surface area contributed by atoms with Crippen molar-refractivity contribution in [2.45, 2.75) is 10.8 Å². The molecule has 0 heterocycles. The number of alkyl halides is 2. The number of benzene rings is 2. The number of anilines is 3. The van der Waals surface area contributed by atoms with Gasteiger partial charge >= 0.3 is 0 Å². The molecule has 10 heteroatoms. The Balaban J connectivity index is 1.80. The highest BCUT2D eigenvalue weighted by molar-refractivity contribution is 6.52. The van der Waals surface area contributed by atoms with Gasteiger partial charge in [0, 0.05) is 11.4 Å². The Morgan fingerprint density at radius 1 is 1.11 bits per heavy atom. The standard InChI is InChI=1S/C17H12Cl3F2N3O2/c18-11-2-1-8(24-16(27)10-6-17(10,19)20)5-9(11)15(26)25-14-12(21)3-7(23)4-13(14)22/h1-5,10H,6,23H2,(H,24,27)(H,25,26). The smallest absolute Gasteiger partial charge is 0.257 e. The van der Waals surface area contributed by atoms with Gasteiger partial charge in [0.25, 0.3) is 5.91 Å². The molecule has 1 unspecified atom stereocenters. The third kappa shape index (κ3) is 4.26. The van der Waals surface area contributed by atoms with E-state index in [0.29, 0.717) is 6.42 Å². The molecule has 4 N–H and O–H groups in total. The molecule has 1 aliphatic carbocycles. The number of rotatable bonds is 4. The first-order valence-corrected chi connectivity index (χ1v) is 8.76. The summed E-state index contributed by atoms with van der Waals surface area (Å²) in [6.45, 7) is 0. The van der Waals surface area contributed by atoms with Crippen molar-refractivity contribution in [3.63, 3.8) is 0 Å². The van der Waals surface area contributed by atoms with E-state index in [4.69, 9.17) is 40.5 Å². The second-order valence-electron chi connectivity index (χ2n) is 6.02. The van der Waals surface area contributed by atoms with Gasteiger partial charge in [0.15, 0.2) is 11.6 Å². The number of nitrogens with two attached hydrogens (primary N) is 1. The van der Waals surface area contributed by atoms with Crippen LogP contribution in [0.3, 0.4) is 0 Å². The molecule has 1 fully saturated rings. The Kier molecular flexibility index (Phi) is 5.20. The molecule has 0 saturated heterocycles. The summed E-state index contributed by atoms with van der Waals surface area (Å²) in [5.41, 5.74) is 4.71. The van der Waals surface area contributed by atoms with E-state index in [9.17, 15) is 18.4 Å². The van der Waals surface area contributed by atoms with Crippen molar-refractivity contribution in [3.05, 3.63) is 52.6 Å². The lowest BCUT2D eigenvalue weighted by atomic mass is 10.1. The van der Waals surface area contributed by atoms with Gasteiger partial charge in [-0.25, -0.2) is 8.78 Å². The summed E-state index contributed by atoms with van der Waals surface area (Å²) in [5, 5.41) is 4.70. The van der Waals surface area contributed by atoms with Crippen LogP contribution in [0.2, 0.25) is 5.02 Å². The van der Waals surface area contributed by atoms with E-state index in [-0.39, 0.29) is 22.0 Å². The van der Waals surface area contributed by atoms with Gasteiger partial charge in [-0.1, -0.05) is 11.6 Å². The second-order valence-corrected chi connectivity index (χ2v) is 7.96. The van der Waals surface area contributed by atoms with Crippen LogP contribution in [0.25, 0.3) is 0 Å². The van der Waals surface area contributed by atoms with Crippen LogP contribution in [0.1, 0.15) is 16.8 Å². The van der Waals surface area contributed by atoms with Gasteiger partial charge in [-0.05, 0) is 36.8 Å². The third-order valence-corrected chi connectivity index (χ3v) is 5.09. The molecule has 2 aromatic rings. The maximum absolute atomic E-state index is 13.9. The number of carbonyl (C=O) groups excluding carboxylic acids is 2. The largest absolute Gasteiger partial charge is 0.399 e. The minimum Gasteiger partial charge on any atom is -0.399 e. The summed E-state index contributed by atoms with van der Waals surface area (Å²) in [7, 11) is 0. The van der Waals surface area contributed by atoms with Crippen molar-refractivity contribution in [1.29, 1.82) is 0 Å². The number of nitrogen functional groups attached to an aromatic ring is 1. The zero-order valence-electron chi connectivity index (χ0n) is 13.5.